The van der Waals surface area contributed by atoms with Crippen LogP contribution in [0.1, 0.15) is 58.3 Å². The first-order valence-electron chi connectivity index (χ1n) is 8.24. The molecule has 0 aromatic heterocycles. The monoisotopic (exact) mass is 325 g/mol. The Morgan fingerprint density at radius 2 is 1.13 bits per heavy atom. The topological polar surface area (TPSA) is 37.3 Å². The number of allylic oxidation sites excluding steroid dienone is 10. The summed E-state index contributed by atoms with van der Waals surface area (Å²) in [6, 6.07) is 0. The Morgan fingerprint density at radius 1 is 0.739 bits per heavy atom. The third-order valence-corrected chi connectivity index (χ3v) is 2.92. The number of carboxylic acid groups (broad SMARTS) is 1. The SMILES string of the molecule is CC/C=C\C/C=C\C/C=C\C/C=C\C/C=C\CCCC(=O)O.[Na]. The fourth-order valence-corrected chi connectivity index (χ4v) is 1.74. The smallest absolute Gasteiger partial charge is 0.303 e. The van der Waals surface area contributed by atoms with E-state index in [4.69, 9.17) is 5.11 Å². The van der Waals surface area contributed by atoms with Crippen LogP contribution in [0.25, 0.3) is 0 Å². The second-order valence-electron chi connectivity index (χ2n) is 4.99. The van der Waals surface area contributed by atoms with Gasteiger partial charge >= 0.3 is 5.97 Å². The third kappa shape index (κ3) is 23.6. The van der Waals surface area contributed by atoms with E-state index in [9.17, 15) is 4.79 Å². The maximum atomic E-state index is 10.3. The van der Waals surface area contributed by atoms with E-state index in [0.717, 1.165) is 44.9 Å². The molecule has 0 bridgehead atoms. The fraction of sp³-hybridized carbons (Fsp3) is 0.450. The second kappa shape index (κ2) is 21.2. The number of carbonyl (C=O) groups is 1. The normalized spacial score (nSPS) is 12.2. The van der Waals surface area contributed by atoms with Gasteiger partial charge in [0.1, 0.15) is 0 Å². The van der Waals surface area contributed by atoms with Gasteiger partial charge in [-0.1, -0.05) is 67.7 Å². The molecular formula is C20H30NaO2. The Hall–Kier alpha value is -0.830. The predicted octanol–water partition coefficient (Wildman–Crippen LogP) is 5.61. The van der Waals surface area contributed by atoms with Gasteiger partial charge in [0.05, 0.1) is 0 Å². The summed E-state index contributed by atoms with van der Waals surface area (Å²) in [7, 11) is 0. The summed E-state index contributed by atoms with van der Waals surface area (Å²) < 4.78 is 0. The summed E-state index contributed by atoms with van der Waals surface area (Å²) in [5.41, 5.74) is 0. The Labute approximate surface area is 164 Å². The van der Waals surface area contributed by atoms with Gasteiger partial charge in [-0.15, -0.1) is 0 Å². The standard InChI is InChI=1S/C20H30O2.Na/c1-2-3-4-5-6-7-8-9-10-11-12-13-14-15-16-17-18-19-20(21)22;/h3-4,6-7,9-10,12-13,15-16H,2,5,8,11,14,17-19H2,1H3,(H,21,22);/b4-3-,7-6-,10-9-,13-12-,16-15-;. The van der Waals surface area contributed by atoms with Crippen molar-refractivity contribution in [3.8, 4) is 0 Å². The second-order valence-corrected chi connectivity index (χ2v) is 4.99. The quantitative estimate of drug-likeness (QED) is 0.271. The van der Waals surface area contributed by atoms with Crippen LogP contribution in [0, 0.1) is 0 Å². The molecule has 0 aliphatic heterocycles. The summed E-state index contributed by atoms with van der Waals surface area (Å²) in [6.45, 7) is 2.14. The molecule has 0 fully saturated rings. The van der Waals surface area contributed by atoms with E-state index < -0.39 is 5.97 Å². The van der Waals surface area contributed by atoms with Gasteiger partial charge in [-0.3, -0.25) is 4.79 Å². The zero-order chi connectivity index (χ0) is 16.3. The number of unbranched alkanes of at least 4 members (excludes halogenated alkanes) is 1. The molecule has 1 N–H and O–H groups in total. The number of carboxylic acids is 1. The van der Waals surface area contributed by atoms with E-state index >= 15 is 0 Å². The summed E-state index contributed by atoms with van der Waals surface area (Å²) in [5.74, 6) is -0.715. The molecule has 0 aliphatic rings. The maximum Gasteiger partial charge on any atom is 0.303 e. The molecule has 0 saturated heterocycles. The fourth-order valence-electron chi connectivity index (χ4n) is 1.74. The first-order valence-corrected chi connectivity index (χ1v) is 8.24. The molecule has 23 heavy (non-hydrogen) atoms. The summed E-state index contributed by atoms with van der Waals surface area (Å²) in [4.78, 5) is 10.3. The van der Waals surface area contributed by atoms with Crippen LogP contribution in [-0.4, -0.2) is 40.6 Å². The van der Waals surface area contributed by atoms with E-state index in [0.29, 0.717) is 0 Å². The van der Waals surface area contributed by atoms with Gasteiger partial charge in [0.25, 0.3) is 0 Å². The average Bonchev–Trinajstić information content (AvgIpc) is 2.50. The largest absolute Gasteiger partial charge is 0.481 e. The summed E-state index contributed by atoms with van der Waals surface area (Å²) >= 11 is 0. The molecule has 0 aliphatic carbocycles. The number of hydrogen-bond acceptors (Lipinski definition) is 1. The molecule has 0 aromatic rings. The minimum Gasteiger partial charge on any atom is -0.481 e. The first-order chi connectivity index (χ1) is 10.8. The number of rotatable bonds is 13. The van der Waals surface area contributed by atoms with Gasteiger partial charge < -0.3 is 5.11 Å². The zero-order valence-corrected chi connectivity index (χ0v) is 16.8. The van der Waals surface area contributed by atoms with Crippen LogP contribution < -0.4 is 0 Å². The predicted molar refractivity (Wildman–Crippen MR) is 102 cm³/mol. The van der Waals surface area contributed by atoms with E-state index in [-0.39, 0.29) is 36.0 Å². The molecule has 0 rings (SSSR count). The Morgan fingerprint density at radius 3 is 1.52 bits per heavy atom. The molecule has 0 saturated carbocycles. The van der Waals surface area contributed by atoms with Gasteiger partial charge in [0.15, 0.2) is 0 Å². The number of hydrogen-bond donors (Lipinski definition) is 1. The summed E-state index contributed by atoms with van der Waals surface area (Å²) in [5, 5.41) is 8.49. The number of aliphatic carboxylic acids is 1. The van der Waals surface area contributed by atoms with Crippen LogP contribution in [-0.2, 0) is 4.79 Å². The van der Waals surface area contributed by atoms with Crippen LogP contribution in [0.15, 0.2) is 60.8 Å². The van der Waals surface area contributed by atoms with Crippen molar-refractivity contribution in [1.29, 1.82) is 0 Å². The molecule has 0 aromatic carbocycles. The van der Waals surface area contributed by atoms with Crippen LogP contribution in [0.5, 0.6) is 0 Å². The van der Waals surface area contributed by atoms with Crippen LogP contribution in [0.3, 0.4) is 0 Å². The molecule has 0 heterocycles. The minimum atomic E-state index is -0.715. The van der Waals surface area contributed by atoms with Crippen LogP contribution in [0.4, 0.5) is 0 Å². The van der Waals surface area contributed by atoms with Gasteiger partial charge in [0.2, 0.25) is 0 Å². The van der Waals surface area contributed by atoms with Crippen molar-refractivity contribution in [2.45, 2.75) is 58.3 Å². The molecule has 0 unspecified atom stereocenters. The van der Waals surface area contributed by atoms with Crippen molar-refractivity contribution in [3.63, 3.8) is 0 Å². The van der Waals surface area contributed by atoms with Crippen molar-refractivity contribution < 1.29 is 9.90 Å². The average molecular weight is 325 g/mol. The van der Waals surface area contributed by atoms with Crippen molar-refractivity contribution in [2.24, 2.45) is 0 Å². The van der Waals surface area contributed by atoms with Crippen LogP contribution in [0.2, 0.25) is 0 Å². The Balaban J connectivity index is 0. The van der Waals surface area contributed by atoms with Crippen molar-refractivity contribution in [3.05, 3.63) is 60.8 Å². The zero-order valence-electron chi connectivity index (χ0n) is 14.8. The Kier molecular flexibility index (Phi) is 22.5. The van der Waals surface area contributed by atoms with E-state index in [1.807, 2.05) is 0 Å². The van der Waals surface area contributed by atoms with E-state index in [1.54, 1.807) is 0 Å². The minimum absolute atomic E-state index is 0. The molecule has 123 valence electrons. The molecule has 0 amide bonds. The molecule has 0 atom stereocenters. The van der Waals surface area contributed by atoms with Gasteiger partial charge in [0, 0.05) is 36.0 Å². The van der Waals surface area contributed by atoms with Gasteiger partial charge in [-0.05, 0) is 44.9 Å². The van der Waals surface area contributed by atoms with Crippen LogP contribution >= 0.6 is 0 Å². The molecular weight excluding hydrogens is 295 g/mol. The van der Waals surface area contributed by atoms with E-state index in [2.05, 4.69) is 67.7 Å². The maximum absolute atomic E-state index is 10.3. The molecule has 3 heteroatoms. The van der Waals surface area contributed by atoms with Crippen molar-refractivity contribution >= 4 is 35.5 Å². The molecule has 2 nitrogen and oxygen atoms in total. The Bertz CT molecular complexity index is 404. The summed E-state index contributed by atoms with van der Waals surface area (Å²) in [6.07, 6.45) is 28.4. The van der Waals surface area contributed by atoms with E-state index in [1.165, 1.54) is 0 Å². The van der Waals surface area contributed by atoms with Gasteiger partial charge in [-0.25, -0.2) is 0 Å². The van der Waals surface area contributed by atoms with Crippen molar-refractivity contribution in [2.75, 3.05) is 0 Å². The third-order valence-electron chi connectivity index (χ3n) is 2.92. The molecule has 0 spiro atoms. The van der Waals surface area contributed by atoms with Crippen molar-refractivity contribution in [1.82, 2.24) is 0 Å². The van der Waals surface area contributed by atoms with Gasteiger partial charge in [-0.2, -0.15) is 0 Å². The first kappa shape index (κ1) is 24.4. The molecule has 1 radical (unpaired) electrons.